The maximum atomic E-state index is 13.8. The highest BCUT2D eigenvalue weighted by Crippen LogP contribution is 2.34. The van der Waals surface area contributed by atoms with Gasteiger partial charge in [0, 0.05) is 11.8 Å². The van der Waals surface area contributed by atoms with Crippen LogP contribution in [0.3, 0.4) is 0 Å². The molecule has 166 valence electrons. The molecule has 11 heteroatoms. The van der Waals surface area contributed by atoms with Crippen LogP contribution in [0.4, 0.5) is 24.8 Å². The lowest BCUT2D eigenvalue weighted by Crippen LogP contribution is -2.23. The van der Waals surface area contributed by atoms with Gasteiger partial charge < -0.3 is 14.8 Å². The van der Waals surface area contributed by atoms with E-state index in [4.69, 9.17) is 9.47 Å². The molecule has 0 unspecified atom stereocenters. The first kappa shape index (κ1) is 21.2. The SMILES string of the molecule is COc1cc(C)c(Nc2nc(=O)c3cncn3n2Cc2cc(F)c(F)c(F)c2)cc1OC. The van der Waals surface area contributed by atoms with Crippen molar-refractivity contribution in [2.75, 3.05) is 19.5 Å². The van der Waals surface area contributed by atoms with Crippen LogP contribution in [-0.4, -0.2) is 33.4 Å². The molecule has 4 aromatic rings. The molecule has 0 aliphatic heterocycles. The molecule has 2 aromatic heterocycles. The van der Waals surface area contributed by atoms with Gasteiger partial charge in [-0.25, -0.2) is 27.4 Å². The van der Waals surface area contributed by atoms with Crippen LogP contribution < -0.4 is 20.3 Å². The number of halogens is 3. The number of methoxy groups -OCH3 is 2. The van der Waals surface area contributed by atoms with Crippen molar-refractivity contribution >= 4 is 17.2 Å². The topological polar surface area (TPSA) is 82.7 Å². The number of fused-ring (bicyclic) bond motifs is 1. The van der Waals surface area contributed by atoms with Gasteiger partial charge in [-0.15, -0.1) is 0 Å². The van der Waals surface area contributed by atoms with Crippen LogP contribution in [0.2, 0.25) is 0 Å². The molecule has 0 fully saturated rings. The lowest BCUT2D eigenvalue weighted by molar-refractivity contribution is 0.355. The largest absolute Gasteiger partial charge is 0.493 e. The monoisotopic (exact) mass is 445 g/mol. The van der Waals surface area contributed by atoms with Gasteiger partial charge in [0.15, 0.2) is 29.0 Å². The maximum Gasteiger partial charge on any atom is 0.300 e. The Kier molecular flexibility index (Phi) is 5.47. The Morgan fingerprint density at radius 3 is 2.34 bits per heavy atom. The number of rotatable bonds is 6. The molecule has 2 aromatic carbocycles. The Morgan fingerprint density at radius 2 is 1.69 bits per heavy atom. The third-order valence-corrected chi connectivity index (χ3v) is 4.90. The van der Waals surface area contributed by atoms with Crippen LogP contribution in [0.15, 0.2) is 41.6 Å². The molecule has 0 spiro atoms. The van der Waals surface area contributed by atoms with Crippen LogP contribution in [0.25, 0.3) is 5.52 Å². The van der Waals surface area contributed by atoms with Crippen LogP contribution in [0.5, 0.6) is 11.5 Å². The zero-order chi connectivity index (χ0) is 23.0. The van der Waals surface area contributed by atoms with E-state index in [1.807, 2.05) is 6.92 Å². The van der Waals surface area contributed by atoms with E-state index in [-0.39, 0.29) is 23.6 Å². The first-order valence-corrected chi connectivity index (χ1v) is 9.38. The average Bonchev–Trinajstić information content (AvgIpc) is 3.26. The van der Waals surface area contributed by atoms with Gasteiger partial charge in [0.1, 0.15) is 11.8 Å². The minimum Gasteiger partial charge on any atom is -0.493 e. The predicted octanol–water partition coefficient (Wildman–Crippen LogP) is 3.43. The standard InChI is InChI=1S/C21H18F3N5O3/c1-11-4-17(31-2)18(32-3)7-15(11)26-21-27-20(30)16-8-25-10-29(16)28(21)9-12-5-13(22)19(24)14(23)6-12/h4-8,10H,9H2,1-3H3,(H,26,27,30). The van der Waals surface area contributed by atoms with Gasteiger partial charge in [-0.05, 0) is 36.2 Å². The molecule has 2 heterocycles. The van der Waals surface area contributed by atoms with E-state index < -0.39 is 23.0 Å². The molecule has 32 heavy (non-hydrogen) atoms. The highest BCUT2D eigenvalue weighted by molar-refractivity contribution is 5.65. The van der Waals surface area contributed by atoms with E-state index in [9.17, 15) is 18.0 Å². The molecule has 0 atom stereocenters. The van der Waals surface area contributed by atoms with Gasteiger partial charge in [0.05, 0.1) is 27.0 Å². The summed E-state index contributed by atoms with van der Waals surface area (Å²) in [6, 6.07) is 5.17. The number of aromatic nitrogens is 4. The molecule has 0 amide bonds. The molecule has 0 bridgehead atoms. The fourth-order valence-corrected chi connectivity index (χ4v) is 3.30. The fourth-order valence-electron chi connectivity index (χ4n) is 3.30. The number of benzene rings is 2. The van der Waals surface area contributed by atoms with Crippen molar-refractivity contribution in [3.63, 3.8) is 0 Å². The summed E-state index contributed by atoms with van der Waals surface area (Å²) >= 11 is 0. The molecule has 0 saturated heterocycles. The normalized spacial score (nSPS) is 11.1. The summed E-state index contributed by atoms with van der Waals surface area (Å²) in [5.74, 6) is -3.16. The Labute approximate surface area is 179 Å². The van der Waals surface area contributed by atoms with E-state index in [1.165, 1.54) is 35.9 Å². The van der Waals surface area contributed by atoms with E-state index in [0.717, 1.165) is 17.7 Å². The Bertz CT molecular complexity index is 1360. The summed E-state index contributed by atoms with van der Waals surface area (Å²) in [4.78, 5) is 20.5. The van der Waals surface area contributed by atoms with E-state index in [1.54, 1.807) is 12.1 Å². The number of hydrogen-bond donors (Lipinski definition) is 1. The molecule has 0 saturated carbocycles. The molecular weight excluding hydrogens is 427 g/mol. The molecule has 4 rings (SSSR count). The molecule has 0 aliphatic rings. The van der Waals surface area contributed by atoms with Crippen molar-refractivity contribution in [2.24, 2.45) is 0 Å². The summed E-state index contributed by atoms with van der Waals surface area (Å²) in [7, 11) is 3.00. The predicted molar refractivity (Wildman–Crippen MR) is 110 cm³/mol. The van der Waals surface area contributed by atoms with Gasteiger partial charge in [-0.3, -0.25) is 4.79 Å². The lowest BCUT2D eigenvalue weighted by atomic mass is 10.1. The first-order chi connectivity index (χ1) is 15.3. The molecule has 0 radical (unpaired) electrons. The quantitative estimate of drug-likeness (QED) is 0.458. The van der Waals surface area contributed by atoms with Crippen molar-refractivity contribution in [1.82, 2.24) is 19.2 Å². The number of nitrogens with one attached hydrogen (secondary N) is 1. The second-order valence-corrected chi connectivity index (χ2v) is 6.94. The fraction of sp³-hybridized carbons (Fsp3) is 0.190. The zero-order valence-corrected chi connectivity index (χ0v) is 17.3. The summed E-state index contributed by atoms with van der Waals surface area (Å²) in [5.41, 5.74) is 1.03. The summed E-state index contributed by atoms with van der Waals surface area (Å²) < 4.78 is 54.4. The number of aryl methyl sites for hydroxylation is 1. The van der Waals surface area contributed by atoms with Crippen molar-refractivity contribution in [2.45, 2.75) is 13.5 Å². The minimum absolute atomic E-state index is 0.0703. The third kappa shape index (κ3) is 3.72. The smallest absolute Gasteiger partial charge is 0.300 e. The maximum absolute atomic E-state index is 13.8. The van der Waals surface area contributed by atoms with Crippen molar-refractivity contribution in [1.29, 1.82) is 0 Å². The number of nitrogens with zero attached hydrogens (tertiary/aromatic N) is 4. The number of anilines is 2. The second-order valence-electron chi connectivity index (χ2n) is 6.94. The van der Waals surface area contributed by atoms with Crippen LogP contribution in [0, 0.1) is 24.4 Å². The Morgan fingerprint density at radius 1 is 1.03 bits per heavy atom. The first-order valence-electron chi connectivity index (χ1n) is 9.38. The lowest BCUT2D eigenvalue weighted by Gasteiger charge is -2.18. The molecular formula is C21H18F3N5O3. The van der Waals surface area contributed by atoms with Crippen molar-refractivity contribution in [3.8, 4) is 11.5 Å². The minimum atomic E-state index is -1.56. The van der Waals surface area contributed by atoms with Crippen LogP contribution >= 0.6 is 0 Å². The van der Waals surface area contributed by atoms with Gasteiger partial charge in [-0.2, -0.15) is 4.98 Å². The van der Waals surface area contributed by atoms with Crippen molar-refractivity contribution in [3.05, 3.63) is 75.7 Å². The summed E-state index contributed by atoms with van der Waals surface area (Å²) in [6.07, 6.45) is 2.68. The number of hydrogen-bond acceptors (Lipinski definition) is 6. The summed E-state index contributed by atoms with van der Waals surface area (Å²) in [5, 5.41) is 3.06. The van der Waals surface area contributed by atoms with E-state index in [0.29, 0.717) is 17.2 Å². The highest BCUT2D eigenvalue weighted by Gasteiger charge is 2.17. The Balaban J connectivity index is 1.85. The van der Waals surface area contributed by atoms with E-state index in [2.05, 4.69) is 15.3 Å². The Hall–Kier alpha value is -4.02. The second kappa shape index (κ2) is 8.25. The number of imidazole rings is 1. The summed E-state index contributed by atoms with van der Waals surface area (Å²) in [6.45, 7) is 1.68. The average molecular weight is 445 g/mol. The van der Waals surface area contributed by atoms with Gasteiger partial charge in [0.25, 0.3) is 5.56 Å². The highest BCUT2D eigenvalue weighted by atomic mass is 19.2. The van der Waals surface area contributed by atoms with Crippen LogP contribution in [0.1, 0.15) is 11.1 Å². The molecule has 0 aliphatic carbocycles. The molecule has 1 N–H and O–H groups in total. The van der Waals surface area contributed by atoms with Crippen molar-refractivity contribution < 1.29 is 22.6 Å². The third-order valence-electron chi connectivity index (χ3n) is 4.90. The van der Waals surface area contributed by atoms with Crippen LogP contribution in [-0.2, 0) is 6.54 Å². The van der Waals surface area contributed by atoms with E-state index >= 15 is 0 Å². The zero-order valence-electron chi connectivity index (χ0n) is 17.3. The molecule has 8 nitrogen and oxygen atoms in total. The van der Waals surface area contributed by atoms with Gasteiger partial charge in [-0.1, -0.05) is 0 Å². The van der Waals surface area contributed by atoms with Gasteiger partial charge >= 0.3 is 0 Å². The number of ether oxygens (including phenoxy) is 2. The van der Waals surface area contributed by atoms with Gasteiger partial charge in [0.2, 0.25) is 5.95 Å².